The molecule has 1 N–H and O–H groups in total. The van der Waals surface area contributed by atoms with Crippen LogP contribution in [0, 0.1) is 5.82 Å². The average Bonchev–Trinajstić information content (AvgIpc) is 2.80. The van der Waals surface area contributed by atoms with E-state index in [2.05, 4.69) is 5.32 Å². The predicted molar refractivity (Wildman–Crippen MR) is 127 cm³/mol. The summed E-state index contributed by atoms with van der Waals surface area (Å²) in [6.07, 6.45) is 0.439. The molecule has 0 saturated carbocycles. The van der Waals surface area contributed by atoms with Gasteiger partial charge in [0, 0.05) is 11.6 Å². The van der Waals surface area contributed by atoms with E-state index in [0.29, 0.717) is 41.2 Å². The molecule has 0 amide bonds. The van der Waals surface area contributed by atoms with E-state index in [1.54, 1.807) is 18.2 Å². The summed E-state index contributed by atoms with van der Waals surface area (Å²) in [5, 5.41) is 5.06. The Morgan fingerprint density at radius 2 is 1.59 bits per heavy atom. The van der Waals surface area contributed by atoms with E-state index in [0.717, 1.165) is 23.2 Å². The lowest BCUT2D eigenvalue weighted by Gasteiger charge is -2.44. The van der Waals surface area contributed by atoms with Crippen LogP contribution in [0.4, 0.5) is 4.39 Å². The molecular weight excluding hydrogens is 472 g/mol. The van der Waals surface area contributed by atoms with Crippen molar-refractivity contribution >= 4 is 34.8 Å². The van der Waals surface area contributed by atoms with Crippen LogP contribution in [-0.2, 0) is 28.3 Å². The highest BCUT2D eigenvalue weighted by Gasteiger charge is 2.44. The quantitative estimate of drug-likeness (QED) is 0.393. The molecule has 2 atom stereocenters. The van der Waals surface area contributed by atoms with Gasteiger partial charge >= 0.3 is 0 Å². The molecule has 1 heterocycles. The van der Waals surface area contributed by atoms with E-state index in [9.17, 15) is 4.39 Å². The third kappa shape index (κ3) is 5.45. The summed E-state index contributed by atoms with van der Waals surface area (Å²) in [6.45, 7) is 2.08. The van der Waals surface area contributed by atoms with Crippen molar-refractivity contribution in [1.82, 2.24) is 5.32 Å². The van der Waals surface area contributed by atoms with Crippen molar-refractivity contribution < 1.29 is 13.9 Å². The molecule has 0 aromatic heterocycles. The maximum absolute atomic E-state index is 13.3. The van der Waals surface area contributed by atoms with E-state index in [1.807, 2.05) is 36.4 Å². The largest absolute Gasteiger partial charge is 0.369 e. The molecule has 3 nitrogen and oxygen atoms in total. The number of rotatable bonds is 7. The molecule has 0 radical (unpaired) electrons. The van der Waals surface area contributed by atoms with E-state index in [-0.39, 0.29) is 11.9 Å². The summed E-state index contributed by atoms with van der Waals surface area (Å²) < 4.78 is 26.3. The molecule has 3 aromatic carbocycles. The highest BCUT2D eigenvalue weighted by atomic mass is 35.5. The Hall–Kier alpha value is -1.66. The molecule has 0 aliphatic carbocycles. The van der Waals surface area contributed by atoms with Crippen molar-refractivity contribution in [2.24, 2.45) is 0 Å². The summed E-state index contributed by atoms with van der Waals surface area (Å²) in [6, 6.07) is 19.5. The van der Waals surface area contributed by atoms with Crippen LogP contribution in [0.5, 0.6) is 0 Å². The minimum absolute atomic E-state index is 0.271. The lowest BCUT2D eigenvalue weighted by Crippen LogP contribution is -2.54. The lowest BCUT2D eigenvalue weighted by atomic mass is 9.82. The zero-order valence-electron chi connectivity index (χ0n) is 17.3. The van der Waals surface area contributed by atoms with Crippen LogP contribution >= 0.6 is 34.8 Å². The van der Waals surface area contributed by atoms with Gasteiger partial charge in [-0.1, -0.05) is 65.1 Å². The van der Waals surface area contributed by atoms with E-state index < -0.39 is 5.60 Å². The van der Waals surface area contributed by atoms with Gasteiger partial charge in [0.2, 0.25) is 0 Å². The fourth-order valence-electron chi connectivity index (χ4n) is 3.96. The second kappa shape index (κ2) is 10.5. The van der Waals surface area contributed by atoms with Gasteiger partial charge in [-0.05, 0) is 66.1 Å². The fraction of sp³-hybridized carbons (Fsp3) is 0.280. The highest BCUT2D eigenvalue weighted by Crippen LogP contribution is 2.39. The molecule has 4 rings (SSSR count). The van der Waals surface area contributed by atoms with Crippen LogP contribution in [-0.4, -0.2) is 19.2 Å². The first kappa shape index (κ1) is 23.5. The van der Waals surface area contributed by atoms with Gasteiger partial charge in [0.05, 0.1) is 23.3 Å². The topological polar surface area (TPSA) is 30.5 Å². The number of hydrogen-bond donors (Lipinski definition) is 1. The van der Waals surface area contributed by atoms with Crippen LogP contribution in [0.3, 0.4) is 0 Å². The van der Waals surface area contributed by atoms with E-state index in [4.69, 9.17) is 44.3 Å². The first-order valence-electron chi connectivity index (χ1n) is 10.4. The maximum atomic E-state index is 13.3. The standard InChI is InChI=1S/C25H23Cl3FNO2/c26-20-6-4-19(5-7-20)25(32-16-17-1-8-21(29)9-2-17)11-12-30-14-24(25)31-15-18-3-10-22(27)23(28)13-18/h1-10,13,24,30H,11-12,14-16H2. The zero-order chi connectivity index (χ0) is 22.6. The Morgan fingerprint density at radius 1 is 0.875 bits per heavy atom. The second-order valence-corrected chi connectivity index (χ2v) is 9.06. The highest BCUT2D eigenvalue weighted by molar-refractivity contribution is 6.42. The predicted octanol–water partition coefficient (Wildman–Crippen LogP) is 6.78. The lowest BCUT2D eigenvalue weighted by molar-refractivity contribution is -0.176. The number of ether oxygens (including phenoxy) is 2. The van der Waals surface area contributed by atoms with Crippen molar-refractivity contribution in [2.75, 3.05) is 13.1 Å². The number of halogens is 4. The SMILES string of the molecule is Fc1ccc(COC2(c3ccc(Cl)cc3)CCNCC2OCc2ccc(Cl)c(Cl)c2)cc1. The van der Waals surface area contributed by atoms with Gasteiger partial charge in [-0.15, -0.1) is 0 Å². The monoisotopic (exact) mass is 493 g/mol. The van der Waals surface area contributed by atoms with Crippen LogP contribution in [0.25, 0.3) is 0 Å². The van der Waals surface area contributed by atoms with Crippen molar-refractivity contribution in [3.8, 4) is 0 Å². The third-order valence-corrected chi connectivity index (χ3v) is 6.69. The molecule has 168 valence electrons. The van der Waals surface area contributed by atoms with Gasteiger partial charge in [-0.3, -0.25) is 0 Å². The first-order valence-corrected chi connectivity index (χ1v) is 11.5. The Balaban J connectivity index is 1.60. The molecule has 1 aliphatic heterocycles. The van der Waals surface area contributed by atoms with Gasteiger partial charge in [-0.2, -0.15) is 0 Å². The number of piperidine rings is 1. The van der Waals surface area contributed by atoms with E-state index in [1.165, 1.54) is 12.1 Å². The smallest absolute Gasteiger partial charge is 0.123 e. The van der Waals surface area contributed by atoms with E-state index >= 15 is 0 Å². The molecule has 0 spiro atoms. The molecule has 2 unspecified atom stereocenters. The summed E-state index contributed by atoms with van der Waals surface area (Å²) in [5.74, 6) is -0.272. The van der Waals surface area contributed by atoms with Crippen LogP contribution < -0.4 is 5.32 Å². The van der Waals surface area contributed by atoms with Crippen molar-refractivity contribution in [1.29, 1.82) is 0 Å². The molecule has 0 bridgehead atoms. The van der Waals surface area contributed by atoms with Gasteiger partial charge in [0.1, 0.15) is 17.5 Å². The summed E-state index contributed by atoms with van der Waals surface area (Å²) in [4.78, 5) is 0. The maximum Gasteiger partial charge on any atom is 0.123 e. The summed E-state index contributed by atoms with van der Waals surface area (Å²) in [7, 11) is 0. The molecular formula is C25H23Cl3FNO2. The Kier molecular flexibility index (Phi) is 7.72. The number of nitrogens with one attached hydrogen (secondary N) is 1. The molecule has 7 heteroatoms. The van der Waals surface area contributed by atoms with Crippen molar-refractivity contribution in [3.63, 3.8) is 0 Å². The minimum Gasteiger partial charge on any atom is -0.369 e. The zero-order valence-corrected chi connectivity index (χ0v) is 19.6. The first-order chi connectivity index (χ1) is 15.5. The van der Waals surface area contributed by atoms with Gasteiger partial charge in [0.15, 0.2) is 0 Å². The van der Waals surface area contributed by atoms with Crippen LogP contribution in [0.1, 0.15) is 23.1 Å². The van der Waals surface area contributed by atoms with Gasteiger partial charge < -0.3 is 14.8 Å². The van der Waals surface area contributed by atoms with Crippen LogP contribution in [0.2, 0.25) is 15.1 Å². The molecule has 32 heavy (non-hydrogen) atoms. The Morgan fingerprint density at radius 3 is 2.31 bits per heavy atom. The average molecular weight is 495 g/mol. The summed E-state index contributed by atoms with van der Waals surface area (Å²) in [5.41, 5.74) is 2.11. The molecule has 3 aromatic rings. The van der Waals surface area contributed by atoms with Crippen molar-refractivity contribution in [3.05, 3.63) is 104 Å². The second-order valence-electron chi connectivity index (χ2n) is 7.81. The summed E-state index contributed by atoms with van der Waals surface area (Å²) >= 11 is 18.4. The fourth-order valence-corrected chi connectivity index (χ4v) is 4.40. The molecule has 1 saturated heterocycles. The third-order valence-electron chi connectivity index (χ3n) is 5.70. The van der Waals surface area contributed by atoms with Gasteiger partial charge in [0.25, 0.3) is 0 Å². The van der Waals surface area contributed by atoms with Crippen molar-refractivity contribution in [2.45, 2.75) is 31.3 Å². The minimum atomic E-state index is -0.694. The number of benzene rings is 3. The van der Waals surface area contributed by atoms with Gasteiger partial charge in [-0.25, -0.2) is 4.39 Å². The Bertz CT molecular complexity index is 1050. The molecule has 1 fully saturated rings. The molecule has 1 aliphatic rings. The Labute approximate surface area is 202 Å². The van der Waals surface area contributed by atoms with Crippen LogP contribution in [0.15, 0.2) is 66.7 Å². The number of hydrogen-bond acceptors (Lipinski definition) is 3. The normalized spacial score (nSPS) is 20.9.